The molecule has 3 unspecified atom stereocenters. The normalized spacial score (nSPS) is 21.0. The lowest BCUT2D eigenvalue weighted by Crippen LogP contribution is -2.52. The van der Waals surface area contributed by atoms with Crippen LogP contribution in [0.4, 0.5) is 4.79 Å². The molecule has 158 valence electrons. The molecule has 1 saturated heterocycles. The molecule has 1 heterocycles. The van der Waals surface area contributed by atoms with Crippen LogP contribution >= 0.6 is 0 Å². The van der Waals surface area contributed by atoms with Crippen LogP contribution < -0.4 is 0 Å². The maximum absolute atomic E-state index is 12.9. The average molecular weight is 409 g/mol. The Morgan fingerprint density at radius 2 is 1.70 bits per heavy atom. The Kier molecular flexibility index (Phi) is 5.77. The van der Waals surface area contributed by atoms with Crippen molar-refractivity contribution in [1.29, 1.82) is 0 Å². The van der Waals surface area contributed by atoms with Gasteiger partial charge >= 0.3 is 12.1 Å². The summed E-state index contributed by atoms with van der Waals surface area (Å²) < 4.78 is 11.4. The number of rotatable bonds is 6. The minimum atomic E-state index is -1.07. The quantitative estimate of drug-likeness (QED) is 0.771. The van der Waals surface area contributed by atoms with Crippen LogP contribution in [0.1, 0.15) is 43.7 Å². The SMILES string of the molecule is CCN(C(=O)OCC1c2ccccc2-c2ccccc21)C(C(=O)O)C1CCC(C)O1. The zero-order valence-corrected chi connectivity index (χ0v) is 17.3. The van der Waals surface area contributed by atoms with Gasteiger partial charge in [-0.25, -0.2) is 9.59 Å². The summed E-state index contributed by atoms with van der Waals surface area (Å²) in [7, 11) is 0. The third kappa shape index (κ3) is 3.67. The Morgan fingerprint density at radius 1 is 1.10 bits per heavy atom. The largest absolute Gasteiger partial charge is 0.480 e. The van der Waals surface area contributed by atoms with E-state index in [4.69, 9.17) is 9.47 Å². The molecule has 4 rings (SSSR count). The van der Waals surface area contributed by atoms with E-state index in [2.05, 4.69) is 24.3 Å². The van der Waals surface area contributed by atoms with E-state index in [0.29, 0.717) is 6.42 Å². The third-order valence-corrected chi connectivity index (χ3v) is 6.12. The van der Waals surface area contributed by atoms with Crippen LogP contribution in [0.5, 0.6) is 0 Å². The summed E-state index contributed by atoms with van der Waals surface area (Å²) in [6, 6.07) is 15.2. The maximum atomic E-state index is 12.9. The van der Waals surface area contributed by atoms with Gasteiger partial charge < -0.3 is 14.6 Å². The van der Waals surface area contributed by atoms with Gasteiger partial charge in [0.05, 0.1) is 12.2 Å². The third-order valence-electron chi connectivity index (χ3n) is 6.12. The van der Waals surface area contributed by atoms with Crippen molar-refractivity contribution >= 4 is 12.1 Å². The Balaban J connectivity index is 1.51. The van der Waals surface area contributed by atoms with Gasteiger partial charge in [0, 0.05) is 12.5 Å². The molecule has 1 aliphatic heterocycles. The molecule has 1 N–H and O–H groups in total. The van der Waals surface area contributed by atoms with Crippen molar-refractivity contribution in [2.24, 2.45) is 0 Å². The number of carbonyl (C=O) groups is 2. The van der Waals surface area contributed by atoms with Crippen LogP contribution in [-0.4, -0.2) is 53.5 Å². The lowest BCUT2D eigenvalue weighted by Gasteiger charge is -2.31. The monoisotopic (exact) mass is 409 g/mol. The second kappa shape index (κ2) is 8.48. The highest BCUT2D eigenvalue weighted by atomic mass is 16.6. The number of hydrogen-bond acceptors (Lipinski definition) is 4. The molecule has 2 aromatic carbocycles. The Hall–Kier alpha value is -2.86. The second-order valence-electron chi connectivity index (χ2n) is 7.94. The molecule has 1 aliphatic carbocycles. The minimum absolute atomic E-state index is 0.00179. The van der Waals surface area contributed by atoms with Crippen LogP contribution in [0.15, 0.2) is 48.5 Å². The number of nitrogens with zero attached hydrogens (tertiary/aromatic N) is 1. The standard InChI is InChI=1S/C24H27NO5/c1-3-25(22(23(26)27)21-13-12-15(2)30-21)24(28)29-14-20-18-10-6-4-8-16(18)17-9-5-7-11-19(17)20/h4-11,15,20-22H,3,12-14H2,1-2H3,(H,26,27). The van der Waals surface area contributed by atoms with E-state index in [9.17, 15) is 14.7 Å². The molecular weight excluding hydrogens is 382 g/mol. The fourth-order valence-electron chi connectivity index (χ4n) is 4.68. The molecule has 2 aliphatic rings. The molecule has 6 nitrogen and oxygen atoms in total. The minimum Gasteiger partial charge on any atom is -0.480 e. The van der Waals surface area contributed by atoms with Gasteiger partial charge in [-0.05, 0) is 48.9 Å². The number of fused-ring (bicyclic) bond motifs is 3. The topological polar surface area (TPSA) is 76.1 Å². The highest BCUT2D eigenvalue weighted by molar-refractivity contribution is 5.81. The van der Waals surface area contributed by atoms with Crippen molar-refractivity contribution in [3.8, 4) is 11.1 Å². The molecule has 1 amide bonds. The number of hydrogen-bond donors (Lipinski definition) is 1. The van der Waals surface area contributed by atoms with Crippen LogP contribution in [0.3, 0.4) is 0 Å². The van der Waals surface area contributed by atoms with Crippen LogP contribution in [0.2, 0.25) is 0 Å². The summed E-state index contributed by atoms with van der Waals surface area (Å²) in [5.74, 6) is -1.13. The Morgan fingerprint density at radius 3 is 2.20 bits per heavy atom. The Labute approximate surface area is 176 Å². The number of ether oxygens (including phenoxy) is 2. The number of amides is 1. The van der Waals surface area contributed by atoms with Gasteiger partial charge in [0.1, 0.15) is 6.61 Å². The highest BCUT2D eigenvalue weighted by Gasteiger charge is 2.41. The molecular formula is C24H27NO5. The molecule has 2 aromatic rings. The van der Waals surface area contributed by atoms with Crippen LogP contribution in [0.25, 0.3) is 11.1 Å². The summed E-state index contributed by atoms with van der Waals surface area (Å²) >= 11 is 0. The smallest absolute Gasteiger partial charge is 0.410 e. The molecule has 0 spiro atoms. The van der Waals surface area contributed by atoms with E-state index in [1.807, 2.05) is 31.2 Å². The molecule has 0 saturated carbocycles. The summed E-state index contributed by atoms with van der Waals surface area (Å²) in [5.41, 5.74) is 4.55. The van der Waals surface area contributed by atoms with Gasteiger partial charge in [-0.15, -0.1) is 0 Å². The number of aliphatic carboxylic acids is 1. The highest BCUT2D eigenvalue weighted by Crippen LogP contribution is 2.44. The van der Waals surface area contributed by atoms with E-state index in [0.717, 1.165) is 28.7 Å². The lowest BCUT2D eigenvalue weighted by molar-refractivity contribution is -0.148. The van der Waals surface area contributed by atoms with Crippen molar-refractivity contribution in [3.63, 3.8) is 0 Å². The second-order valence-corrected chi connectivity index (χ2v) is 7.94. The number of carboxylic acids is 1. The van der Waals surface area contributed by atoms with E-state index >= 15 is 0 Å². The van der Waals surface area contributed by atoms with E-state index in [1.165, 1.54) is 4.90 Å². The predicted octanol–water partition coefficient (Wildman–Crippen LogP) is 4.28. The average Bonchev–Trinajstić information content (AvgIpc) is 3.31. The molecule has 1 fully saturated rings. The molecule has 6 heteroatoms. The van der Waals surface area contributed by atoms with Crippen LogP contribution in [0, 0.1) is 0 Å². The fraction of sp³-hybridized carbons (Fsp3) is 0.417. The number of carbonyl (C=O) groups excluding carboxylic acids is 1. The van der Waals surface area contributed by atoms with Crippen molar-refractivity contribution in [2.75, 3.05) is 13.2 Å². The van der Waals surface area contributed by atoms with Gasteiger partial charge in [0.15, 0.2) is 6.04 Å². The first-order valence-corrected chi connectivity index (χ1v) is 10.5. The first kappa shape index (κ1) is 20.4. The van der Waals surface area contributed by atoms with Crippen molar-refractivity contribution in [3.05, 3.63) is 59.7 Å². The van der Waals surface area contributed by atoms with Gasteiger partial charge in [0.2, 0.25) is 0 Å². The first-order valence-electron chi connectivity index (χ1n) is 10.5. The molecule has 30 heavy (non-hydrogen) atoms. The zero-order valence-electron chi connectivity index (χ0n) is 17.3. The van der Waals surface area contributed by atoms with Gasteiger partial charge in [-0.3, -0.25) is 4.90 Å². The van der Waals surface area contributed by atoms with Crippen molar-refractivity contribution in [1.82, 2.24) is 4.90 Å². The van der Waals surface area contributed by atoms with Gasteiger partial charge in [-0.2, -0.15) is 0 Å². The van der Waals surface area contributed by atoms with E-state index < -0.39 is 24.2 Å². The summed E-state index contributed by atoms with van der Waals surface area (Å²) in [5, 5.41) is 9.78. The summed E-state index contributed by atoms with van der Waals surface area (Å²) in [6.45, 7) is 4.08. The first-order chi connectivity index (χ1) is 14.5. The predicted molar refractivity (Wildman–Crippen MR) is 112 cm³/mol. The molecule has 3 atom stereocenters. The van der Waals surface area contributed by atoms with Crippen LogP contribution in [-0.2, 0) is 14.3 Å². The van der Waals surface area contributed by atoms with Crippen molar-refractivity contribution in [2.45, 2.75) is 50.9 Å². The molecule has 0 bridgehead atoms. The maximum Gasteiger partial charge on any atom is 0.410 e. The van der Waals surface area contributed by atoms with E-state index in [1.54, 1.807) is 6.92 Å². The Bertz CT molecular complexity index is 897. The number of carboxylic acid groups (broad SMARTS) is 1. The lowest BCUT2D eigenvalue weighted by atomic mass is 9.98. The van der Waals surface area contributed by atoms with Gasteiger partial charge in [-0.1, -0.05) is 48.5 Å². The number of likely N-dealkylation sites (N-methyl/N-ethyl adjacent to an activating group) is 1. The van der Waals surface area contributed by atoms with E-state index in [-0.39, 0.29) is 25.2 Å². The fourth-order valence-corrected chi connectivity index (χ4v) is 4.68. The summed E-state index contributed by atoms with van der Waals surface area (Å²) in [6.07, 6.45) is 0.271. The molecule has 0 aromatic heterocycles. The number of benzene rings is 2. The van der Waals surface area contributed by atoms with Crippen molar-refractivity contribution < 1.29 is 24.2 Å². The molecule has 0 radical (unpaired) electrons. The van der Waals surface area contributed by atoms with Gasteiger partial charge in [0.25, 0.3) is 0 Å². The zero-order chi connectivity index (χ0) is 21.3. The summed E-state index contributed by atoms with van der Waals surface area (Å²) in [4.78, 5) is 26.2.